The van der Waals surface area contributed by atoms with Crippen LogP contribution in [0.1, 0.15) is 48.7 Å². The third-order valence-corrected chi connectivity index (χ3v) is 12.2. The molecule has 0 fully saturated rings. The number of hydrogen-bond acceptors (Lipinski definition) is 8. The molecule has 0 radical (unpaired) electrons. The van der Waals surface area contributed by atoms with Gasteiger partial charge in [0.1, 0.15) is 17.1 Å². The lowest BCUT2D eigenvalue weighted by Gasteiger charge is -2.37. The summed E-state index contributed by atoms with van der Waals surface area (Å²) in [7, 11) is 3.34. The highest BCUT2D eigenvalue weighted by atomic mass is 35.5. The van der Waals surface area contributed by atoms with Crippen molar-refractivity contribution in [2.75, 3.05) is 39.7 Å². The third-order valence-electron chi connectivity index (χ3n) is 7.53. The number of ether oxygens (including phenoxy) is 2. The number of aromatic nitrogens is 2. The number of nitrogens with zero attached hydrogens (tertiary/aromatic N) is 3. The number of benzene rings is 2. The second-order valence-corrected chi connectivity index (χ2v) is 17.3. The molecule has 0 aliphatic heterocycles. The van der Waals surface area contributed by atoms with Crippen molar-refractivity contribution in [3.8, 4) is 28.6 Å². The summed E-state index contributed by atoms with van der Waals surface area (Å²) in [5.74, 6) is 1.02. The van der Waals surface area contributed by atoms with Gasteiger partial charge in [-0.3, -0.25) is 4.79 Å². The van der Waals surface area contributed by atoms with E-state index in [0.717, 1.165) is 35.5 Å². The van der Waals surface area contributed by atoms with Gasteiger partial charge in [0, 0.05) is 23.4 Å². The molecule has 0 bridgehead atoms. The van der Waals surface area contributed by atoms with Crippen LogP contribution in [0.2, 0.25) is 23.2 Å². The number of methoxy groups -OCH3 is 1. The number of rotatable bonds is 12. The van der Waals surface area contributed by atoms with E-state index in [2.05, 4.69) is 49.1 Å². The van der Waals surface area contributed by atoms with E-state index in [1.807, 2.05) is 52.2 Å². The number of anilines is 2. The predicted molar refractivity (Wildman–Crippen MR) is 173 cm³/mol. The highest BCUT2D eigenvalue weighted by Gasteiger charge is 2.39. The minimum Gasteiger partial charge on any atom is -0.543 e. The monoisotopic (exact) mass is 613 g/mol. The molecule has 1 amide bonds. The largest absolute Gasteiger partial charge is 0.543 e. The molecule has 0 aliphatic carbocycles. The van der Waals surface area contributed by atoms with Crippen LogP contribution in [0, 0.1) is 13.8 Å². The second-order valence-electron chi connectivity index (χ2n) is 12.2. The summed E-state index contributed by atoms with van der Waals surface area (Å²) in [4.78, 5) is 24.0. The van der Waals surface area contributed by atoms with E-state index in [0.29, 0.717) is 22.9 Å². The zero-order valence-corrected chi connectivity index (χ0v) is 28.2. The first-order chi connectivity index (χ1) is 19.6. The maximum atomic E-state index is 12.7. The van der Waals surface area contributed by atoms with E-state index in [1.165, 1.54) is 7.11 Å². The molecule has 1 aromatic heterocycles. The molecule has 1 heterocycles. The molecule has 11 heteroatoms. The Kier molecular flexibility index (Phi) is 10.5. The Morgan fingerprint density at radius 3 is 2.33 bits per heavy atom. The molecular formula is C31H44ClN5O4Si. The first kappa shape index (κ1) is 33.2. The van der Waals surface area contributed by atoms with Gasteiger partial charge in [-0.1, -0.05) is 32.4 Å². The molecule has 0 atom stereocenters. The van der Waals surface area contributed by atoms with E-state index in [9.17, 15) is 4.79 Å². The first-order valence-corrected chi connectivity index (χ1v) is 17.2. The lowest BCUT2D eigenvalue weighted by molar-refractivity contribution is 0.0997. The minimum atomic E-state index is -2.18. The van der Waals surface area contributed by atoms with E-state index in [-0.39, 0.29) is 28.1 Å². The Morgan fingerprint density at radius 1 is 1.10 bits per heavy atom. The van der Waals surface area contributed by atoms with Gasteiger partial charge in [-0.2, -0.15) is 4.98 Å². The average molecular weight is 614 g/mol. The number of halogens is 1. The molecular weight excluding hydrogens is 570 g/mol. The van der Waals surface area contributed by atoms with Crippen molar-refractivity contribution >= 4 is 37.5 Å². The number of aryl methyl sites for hydroxylation is 1. The lowest BCUT2D eigenvalue weighted by atomic mass is 10.0. The predicted octanol–water partition coefficient (Wildman–Crippen LogP) is 6.98. The van der Waals surface area contributed by atoms with Crippen LogP contribution in [0.4, 0.5) is 11.6 Å². The Hall–Kier alpha value is -3.34. The number of amides is 1. The number of nitrogens with two attached hydrogens (primary N) is 1. The summed E-state index contributed by atoms with van der Waals surface area (Å²) in [6, 6.07) is 9.35. The summed E-state index contributed by atoms with van der Waals surface area (Å²) in [6.07, 6.45) is 0.930. The van der Waals surface area contributed by atoms with Crippen LogP contribution >= 0.6 is 11.6 Å². The van der Waals surface area contributed by atoms with E-state index in [1.54, 1.807) is 6.07 Å². The number of primary amides is 1. The number of hydrogen-bond donors (Lipinski definition) is 2. The fraction of sp³-hybridized carbons (Fsp3) is 0.452. The maximum absolute atomic E-state index is 12.7. The molecule has 0 unspecified atom stereocenters. The zero-order valence-electron chi connectivity index (χ0n) is 26.4. The van der Waals surface area contributed by atoms with Gasteiger partial charge in [-0.25, -0.2) is 4.98 Å². The van der Waals surface area contributed by atoms with Crippen molar-refractivity contribution in [3.63, 3.8) is 0 Å². The van der Waals surface area contributed by atoms with Crippen LogP contribution < -0.4 is 25.0 Å². The van der Waals surface area contributed by atoms with Gasteiger partial charge in [0.2, 0.25) is 20.1 Å². The van der Waals surface area contributed by atoms with Crippen molar-refractivity contribution in [1.82, 2.24) is 14.9 Å². The van der Waals surface area contributed by atoms with Gasteiger partial charge in [0.25, 0.3) is 5.91 Å². The Balaban J connectivity index is 2.05. The summed E-state index contributed by atoms with van der Waals surface area (Å²) >= 11 is 6.75. The van der Waals surface area contributed by atoms with Gasteiger partial charge in [0.05, 0.1) is 24.4 Å². The first-order valence-electron chi connectivity index (χ1n) is 13.9. The Bertz CT molecular complexity index is 1440. The SMILES string of the molecule is COc1nc(Nc2ccc(OCCCN(C)C)c(C)c2)nc(-c2c(Cl)ccc(O[Si](C)(C)C(C)(C)C)c2C)c1C(N)=O. The normalized spacial score (nSPS) is 11.9. The molecule has 3 N–H and O–H groups in total. The van der Waals surface area contributed by atoms with Gasteiger partial charge in [-0.05, 0) is 88.4 Å². The standard InChI is InChI=1S/C31H44ClN5O4Si/c1-19-18-21(12-14-23(19)40-17-11-16-37(6)7)34-30-35-27(26(28(33)38)29(36-30)39-8)25-20(2)24(15-13-22(25)32)41-42(9,10)31(3,4)5/h12-15,18H,11,16-17H2,1-10H3,(H2,33,38)(H,34,35,36). The van der Waals surface area contributed by atoms with Gasteiger partial charge >= 0.3 is 0 Å². The van der Waals surface area contributed by atoms with Gasteiger partial charge in [0.15, 0.2) is 0 Å². The van der Waals surface area contributed by atoms with E-state index >= 15 is 0 Å². The smallest absolute Gasteiger partial charge is 0.256 e. The average Bonchev–Trinajstić information content (AvgIpc) is 2.88. The fourth-order valence-corrected chi connectivity index (χ4v) is 5.49. The summed E-state index contributed by atoms with van der Waals surface area (Å²) in [6.45, 7) is 16.3. The Labute approximate surface area is 255 Å². The molecule has 9 nitrogen and oxygen atoms in total. The van der Waals surface area contributed by atoms with Crippen molar-refractivity contribution in [1.29, 1.82) is 0 Å². The number of nitrogens with one attached hydrogen (secondary N) is 1. The topological polar surface area (TPSA) is 112 Å². The van der Waals surface area contributed by atoms with E-state index in [4.69, 9.17) is 36.2 Å². The van der Waals surface area contributed by atoms with E-state index < -0.39 is 14.2 Å². The van der Waals surface area contributed by atoms with Crippen LogP contribution in [-0.2, 0) is 0 Å². The quantitative estimate of drug-likeness (QED) is 0.166. The molecule has 0 spiro atoms. The summed E-state index contributed by atoms with van der Waals surface area (Å²) in [5, 5.41) is 3.62. The molecule has 3 aromatic rings. The molecule has 42 heavy (non-hydrogen) atoms. The van der Waals surface area contributed by atoms with Crippen molar-refractivity contribution in [2.24, 2.45) is 5.73 Å². The van der Waals surface area contributed by atoms with Gasteiger partial charge in [-0.15, -0.1) is 0 Å². The Morgan fingerprint density at radius 2 is 1.76 bits per heavy atom. The van der Waals surface area contributed by atoms with Crippen molar-refractivity contribution in [2.45, 2.75) is 59.2 Å². The maximum Gasteiger partial charge on any atom is 0.256 e. The van der Waals surface area contributed by atoms with Crippen molar-refractivity contribution in [3.05, 3.63) is 52.0 Å². The van der Waals surface area contributed by atoms with Crippen LogP contribution in [0.15, 0.2) is 30.3 Å². The number of carbonyl (C=O) groups excluding carboxylic acids is 1. The number of carbonyl (C=O) groups is 1. The molecule has 0 saturated heterocycles. The third kappa shape index (κ3) is 7.73. The lowest BCUT2D eigenvalue weighted by Crippen LogP contribution is -2.44. The van der Waals surface area contributed by atoms with Crippen LogP contribution in [0.5, 0.6) is 17.4 Å². The summed E-state index contributed by atoms with van der Waals surface area (Å²) in [5.41, 5.74) is 9.10. The molecule has 0 saturated carbocycles. The molecule has 228 valence electrons. The molecule has 3 rings (SSSR count). The highest BCUT2D eigenvalue weighted by molar-refractivity contribution is 6.74. The van der Waals surface area contributed by atoms with Crippen molar-refractivity contribution < 1.29 is 18.7 Å². The molecule has 0 aliphatic rings. The van der Waals surface area contributed by atoms with Gasteiger partial charge < -0.3 is 29.9 Å². The minimum absolute atomic E-state index is 0.0161. The fourth-order valence-electron chi connectivity index (χ4n) is 4.12. The molecule has 2 aromatic carbocycles. The highest BCUT2D eigenvalue weighted by Crippen LogP contribution is 2.43. The zero-order chi connectivity index (χ0) is 31.4. The van der Waals surface area contributed by atoms with Crippen LogP contribution in [-0.4, -0.2) is 63.4 Å². The van der Waals surface area contributed by atoms with Crippen LogP contribution in [0.25, 0.3) is 11.3 Å². The van der Waals surface area contributed by atoms with Crippen LogP contribution in [0.3, 0.4) is 0 Å². The second kappa shape index (κ2) is 13.3. The summed E-state index contributed by atoms with van der Waals surface area (Å²) < 4.78 is 18.1.